The minimum Gasteiger partial charge on any atom is -0.445 e. The number of aliphatic hydroxyl groups excluding tert-OH is 2. The van der Waals surface area contributed by atoms with E-state index >= 15 is 0 Å². The van der Waals surface area contributed by atoms with Crippen molar-refractivity contribution in [3.05, 3.63) is 71.3 Å². The van der Waals surface area contributed by atoms with Gasteiger partial charge in [0.1, 0.15) is 18.8 Å². The van der Waals surface area contributed by atoms with Crippen LogP contribution in [0.3, 0.4) is 0 Å². The fourth-order valence-electron chi connectivity index (χ4n) is 2.39. The maximum atomic E-state index is 11.7. The topological polar surface area (TPSA) is 90.8 Å². The van der Waals surface area contributed by atoms with Gasteiger partial charge in [-0.05, 0) is 23.7 Å². The van der Waals surface area contributed by atoms with Crippen LogP contribution in [-0.2, 0) is 17.9 Å². The first kappa shape index (κ1) is 18.9. The highest BCUT2D eigenvalue weighted by atomic mass is 16.5. The summed E-state index contributed by atoms with van der Waals surface area (Å²) in [6.07, 6.45) is -2.86. The lowest BCUT2D eigenvalue weighted by atomic mass is 10.0. The molecule has 2 unspecified atom stereocenters. The summed E-state index contributed by atoms with van der Waals surface area (Å²) in [5.74, 6) is 0. The summed E-state index contributed by atoms with van der Waals surface area (Å²) in [6, 6.07) is 16.6. The first-order valence-electron chi connectivity index (χ1n) is 8.14. The van der Waals surface area contributed by atoms with E-state index in [2.05, 4.69) is 10.6 Å². The third kappa shape index (κ3) is 6.19. The van der Waals surface area contributed by atoms with E-state index in [0.717, 1.165) is 11.1 Å². The second-order valence-corrected chi connectivity index (χ2v) is 5.73. The summed E-state index contributed by atoms with van der Waals surface area (Å²) < 4.78 is 5.06. The van der Waals surface area contributed by atoms with Crippen LogP contribution in [0.2, 0.25) is 0 Å². The Kier molecular flexibility index (Phi) is 7.40. The van der Waals surface area contributed by atoms with Crippen molar-refractivity contribution >= 4 is 6.09 Å². The van der Waals surface area contributed by atoms with Gasteiger partial charge in [-0.25, -0.2) is 4.79 Å². The third-order valence-electron chi connectivity index (χ3n) is 3.71. The van der Waals surface area contributed by atoms with Crippen LogP contribution in [0.4, 0.5) is 4.79 Å². The molecule has 0 spiro atoms. The van der Waals surface area contributed by atoms with Crippen LogP contribution in [0, 0.1) is 0 Å². The molecule has 0 aliphatic carbocycles. The monoisotopic (exact) mass is 344 g/mol. The summed E-state index contributed by atoms with van der Waals surface area (Å²) in [6.45, 7) is 0.711. The Bertz CT molecular complexity index is 663. The number of carbonyl (C=O) groups is 1. The molecule has 6 nitrogen and oxygen atoms in total. The smallest absolute Gasteiger partial charge is 0.407 e. The van der Waals surface area contributed by atoms with Gasteiger partial charge in [0, 0.05) is 13.1 Å². The van der Waals surface area contributed by atoms with Gasteiger partial charge >= 0.3 is 6.09 Å². The Labute approximate surface area is 147 Å². The molecule has 0 aliphatic rings. The molecule has 6 heteroatoms. The Balaban J connectivity index is 1.79. The van der Waals surface area contributed by atoms with E-state index in [9.17, 15) is 15.0 Å². The van der Waals surface area contributed by atoms with Gasteiger partial charge in [0.15, 0.2) is 0 Å². The maximum Gasteiger partial charge on any atom is 0.407 e. The molecule has 0 heterocycles. The quantitative estimate of drug-likeness (QED) is 0.585. The zero-order chi connectivity index (χ0) is 18.1. The largest absolute Gasteiger partial charge is 0.445 e. The lowest BCUT2D eigenvalue weighted by Gasteiger charge is -2.19. The Morgan fingerprint density at radius 3 is 2.52 bits per heavy atom. The van der Waals surface area contributed by atoms with E-state index in [1.54, 1.807) is 6.07 Å². The highest BCUT2D eigenvalue weighted by Gasteiger charge is 2.19. The molecule has 2 aromatic carbocycles. The van der Waals surface area contributed by atoms with E-state index in [0.29, 0.717) is 12.1 Å². The molecule has 0 aromatic heterocycles. The molecule has 2 atom stereocenters. The van der Waals surface area contributed by atoms with Crippen molar-refractivity contribution < 1.29 is 19.7 Å². The number of ether oxygens (including phenoxy) is 1. The van der Waals surface area contributed by atoms with E-state index in [1.165, 1.54) is 0 Å². The molecule has 0 saturated heterocycles. The van der Waals surface area contributed by atoms with Gasteiger partial charge in [-0.15, -0.1) is 0 Å². The average Bonchev–Trinajstić information content (AvgIpc) is 2.65. The summed E-state index contributed by atoms with van der Waals surface area (Å²) in [4.78, 5) is 11.7. The Morgan fingerprint density at radius 1 is 1.08 bits per heavy atom. The number of benzene rings is 2. The molecule has 1 amide bonds. The number of alkyl carbamates (subject to hydrolysis) is 1. The average molecular weight is 344 g/mol. The summed E-state index contributed by atoms with van der Waals surface area (Å²) in [7, 11) is 1.84. The van der Waals surface area contributed by atoms with Gasteiger partial charge in [-0.1, -0.05) is 54.6 Å². The molecule has 2 rings (SSSR count). The van der Waals surface area contributed by atoms with Gasteiger partial charge in [0.2, 0.25) is 0 Å². The van der Waals surface area contributed by atoms with Crippen LogP contribution >= 0.6 is 0 Å². The molecular formula is C19H24N2O4. The van der Waals surface area contributed by atoms with Crippen LogP contribution in [0.25, 0.3) is 0 Å². The Morgan fingerprint density at radius 2 is 1.80 bits per heavy atom. The van der Waals surface area contributed by atoms with Crippen molar-refractivity contribution in [3.8, 4) is 0 Å². The van der Waals surface area contributed by atoms with E-state index in [-0.39, 0.29) is 13.2 Å². The molecule has 0 saturated carbocycles. The fraction of sp³-hybridized carbons (Fsp3) is 0.316. The second-order valence-electron chi connectivity index (χ2n) is 5.73. The van der Waals surface area contributed by atoms with Crippen molar-refractivity contribution in [3.63, 3.8) is 0 Å². The van der Waals surface area contributed by atoms with Crippen molar-refractivity contribution in [1.82, 2.24) is 10.6 Å². The number of aliphatic hydroxyl groups is 2. The van der Waals surface area contributed by atoms with Crippen LogP contribution in [0.5, 0.6) is 0 Å². The van der Waals surface area contributed by atoms with E-state index in [4.69, 9.17) is 4.74 Å². The summed E-state index contributed by atoms with van der Waals surface area (Å²) in [5, 5.41) is 25.8. The summed E-state index contributed by atoms with van der Waals surface area (Å²) >= 11 is 0. The van der Waals surface area contributed by atoms with E-state index < -0.39 is 18.3 Å². The van der Waals surface area contributed by atoms with Gasteiger partial charge in [-0.2, -0.15) is 0 Å². The molecule has 0 fully saturated rings. The number of hydrogen-bond donors (Lipinski definition) is 4. The molecule has 4 N–H and O–H groups in total. The molecule has 2 aromatic rings. The van der Waals surface area contributed by atoms with Crippen LogP contribution in [-0.4, -0.2) is 36.0 Å². The zero-order valence-corrected chi connectivity index (χ0v) is 14.2. The second kappa shape index (κ2) is 9.78. The van der Waals surface area contributed by atoms with Crippen LogP contribution in [0.1, 0.15) is 22.8 Å². The van der Waals surface area contributed by atoms with Crippen LogP contribution in [0.15, 0.2) is 54.6 Å². The molecule has 0 radical (unpaired) electrons. The number of nitrogens with one attached hydrogen (secondary N) is 2. The lowest BCUT2D eigenvalue weighted by Crippen LogP contribution is -2.35. The highest BCUT2D eigenvalue weighted by molar-refractivity contribution is 5.67. The normalized spacial score (nSPS) is 13.1. The maximum absolute atomic E-state index is 11.7. The number of rotatable bonds is 8. The first-order valence-corrected chi connectivity index (χ1v) is 8.14. The number of carbonyl (C=O) groups excluding carboxylic acids is 1. The van der Waals surface area contributed by atoms with Gasteiger partial charge in [0.05, 0.1) is 0 Å². The zero-order valence-electron chi connectivity index (χ0n) is 14.2. The summed E-state index contributed by atoms with van der Waals surface area (Å²) in [5.41, 5.74) is 2.47. The van der Waals surface area contributed by atoms with Crippen LogP contribution < -0.4 is 10.6 Å². The van der Waals surface area contributed by atoms with Gasteiger partial charge in [-0.3, -0.25) is 0 Å². The standard InChI is InChI=1S/C19H24N2O4/c1-20-11-15-8-5-9-16(10-15)18(23)17(22)12-21-19(24)25-13-14-6-3-2-4-7-14/h2-10,17-18,20,22-23H,11-13H2,1H3,(H,21,24). The minimum atomic E-state index is -1.13. The molecular weight excluding hydrogens is 320 g/mol. The number of hydrogen-bond acceptors (Lipinski definition) is 5. The minimum absolute atomic E-state index is 0.106. The predicted molar refractivity (Wildman–Crippen MR) is 94.8 cm³/mol. The molecule has 134 valence electrons. The fourth-order valence-corrected chi connectivity index (χ4v) is 2.39. The van der Waals surface area contributed by atoms with Crippen molar-refractivity contribution in [2.45, 2.75) is 25.4 Å². The van der Waals surface area contributed by atoms with Crippen molar-refractivity contribution in [2.75, 3.05) is 13.6 Å². The SMILES string of the molecule is CNCc1cccc(C(O)C(O)CNC(=O)OCc2ccccc2)c1. The van der Waals surface area contributed by atoms with Gasteiger partial charge < -0.3 is 25.6 Å². The molecule has 25 heavy (non-hydrogen) atoms. The molecule has 0 bridgehead atoms. The van der Waals surface area contributed by atoms with E-state index in [1.807, 2.05) is 55.6 Å². The van der Waals surface area contributed by atoms with Gasteiger partial charge in [0.25, 0.3) is 0 Å². The lowest BCUT2D eigenvalue weighted by molar-refractivity contribution is 0.0183. The van der Waals surface area contributed by atoms with Crippen molar-refractivity contribution in [1.29, 1.82) is 0 Å². The van der Waals surface area contributed by atoms with Crippen molar-refractivity contribution in [2.24, 2.45) is 0 Å². The molecule has 0 aliphatic heterocycles. The predicted octanol–water partition coefficient (Wildman–Crippen LogP) is 1.73. The third-order valence-corrected chi connectivity index (χ3v) is 3.71. The highest BCUT2D eigenvalue weighted by Crippen LogP contribution is 2.18. The first-order chi connectivity index (χ1) is 12.1. The Hall–Kier alpha value is -2.41. The number of amides is 1.